The SMILES string of the molecule is [NH]CCc1nccs1. The van der Waals surface area contributed by atoms with E-state index in [9.17, 15) is 0 Å². The van der Waals surface area contributed by atoms with Crippen molar-refractivity contribution in [3.63, 3.8) is 0 Å². The highest BCUT2D eigenvalue weighted by atomic mass is 32.1. The summed E-state index contributed by atoms with van der Waals surface area (Å²) in [5.74, 6) is 0. The number of rotatable bonds is 2. The van der Waals surface area contributed by atoms with Crippen molar-refractivity contribution in [2.75, 3.05) is 6.54 Å². The molecule has 1 rings (SSSR count). The van der Waals surface area contributed by atoms with E-state index in [4.69, 9.17) is 5.73 Å². The molecule has 1 radical (unpaired) electrons. The molecular formula is C5H7N2S. The van der Waals surface area contributed by atoms with Crippen LogP contribution in [0.3, 0.4) is 0 Å². The summed E-state index contributed by atoms with van der Waals surface area (Å²) in [6.07, 6.45) is 2.58. The predicted molar refractivity (Wildman–Crippen MR) is 33.8 cm³/mol. The van der Waals surface area contributed by atoms with E-state index in [0.29, 0.717) is 6.54 Å². The standard InChI is InChI=1S/C5H7N2S/c6-2-1-5-7-3-4-8-5/h3-4,6H,1-2H2. The highest BCUT2D eigenvalue weighted by Gasteiger charge is 1.89. The smallest absolute Gasteiger partial charge is 0.0938 e. The molecule has 0 fully saturated rings. The van der Waals surface area contributed by atoms with Crippen molar-refractivity contribution in [3.05, 3.63) is 16.6 Å². The summed E-state index contributed by atoms with van der Waals surface area (Å²) in [6.45, 7) is 0.452. The fourth-order valence-electron chi connectivity index (χ4n) is 0.483. The lowest BCUT2D eigenvalue weighted by Gasteiger charge is -1.83. The minimum absolute atomic E-state index is 0.452. The summed E-state index contributed by atoms with van der Waals surface area (Å²) in [4.78, 5) is 4.00. The lowest BCUT2D eigenvalue weighted by Crippen LogP contribution is -1.89. The Kier molecular flexibility index (Phi) is 2.00. The van der Waals surface area contributed by atoms with Crippen LogP contribution in [-0.2, 0) is 6.42 Å². The fourth-order valence-corrected chi connectivity index (χ4v) is 1.10. The largest absolute Gasteiger partial charge is 0.257 e. The zero-order valence-corrected chi connectivity index (χ0v) is 5.24. The Morgan fingerprint density at radius 1 is 1.75 bits per heavy atom. The van der Waals surface area contributed by atoms with Crippen molar-refractivity contribution in [3.8, 4) is 0 Å². The van der Waals surface area contributed by atoms with Crippen LogP contribution in [0.4, 0.5) is 0 Å². The van der Waals surface area contributed by atoms with Gasteiger partial charge in [-0.05, 0) is 0 Å². The quantitative estimate of drug-likeness (QED) is 0.583. The van der Waals surface area contributed by atoms with Gasteiger partial charge in [-0.1, -0.05) is 0 Å². The molecule has 1 N–H and O–H groups in total. The van der Waals surface area contributed by atoms with Crippen LogP contribution >= 0.6 is 11.3 Å². The Morgan fingerprint density at radius 2 is 2.62 bits per heavy atom. The molecule has 43 valence electrons. The number of thiazole rings is 1. The minimum atomic E-state index is 0.452. The number of nitrogens with zero attached hydrogens (tertiary/aromatic N) is 1. The lowest BCUT2D eigenvalue weighted by atomic mass is 10.5. The lowest BCUT2D eigenvalue weighted by molar-refractivity contribution is 0.928. The molecule has 1 aromatic heterocycles. The monoisotopic (exact) mass is 127 g/mol. The van der Waals surface area contributed by atoms with Crippen LogP contribution in [0.5, 0.6) is 0 Å². The van der Waals surface area contributed by atoms with Gasteiger partial charge >= 0.3 is 0 Å². The van der Waals surface area contributed by atoms with E-state index in [0.717, 1.165) is 11.4 Å². The molecule has 0 saturated heterocycles. The van der Waals surface area contributed by atoms with Crippen molar-refractivity contribution in [2.24, 2.45) is 0 Å². The van der Waals surface area contributed by atoms with E-state index in [-0.39, 0.29) is 0 Å². The Labute approximate surface area is 52.4 Å². The summed E-state index contributed by atoms with van der Waals surface area (Å²) in [7, 11) is 0. The minimum Gasteiger partial charge on any atom is -0.257 e. The van der Waals surface area contributed by atoms with Gasteiger partial charge in [0.15, 0.2) is 0 Å². The molecule has 8 heavy (non-hydrogen) atoms. The molecule has 0 aromatic carbocycles. The van der Waals surface area contributed by atoms with E-state index in [2.05, 4.69) is 4.98 Å². The van der Waals surface area contributed by atoms with Crippen LogP contribution in [0.15, 0.2) is 11.6 Å². The molecule has 0 bridgehead atoms. The predicted octanol–water partition coefficient (Wildman–Crippen LogP) is 0.969. The number of aromatic nitrogens is 1. The fraction of sp³-hybridized carbons (Fsp3) is 0.400. The first-order valence-corrected chi connectivity index (χ1v) is 3.34. The summed E-state index contributed by atoms with van der Waals surface area (Å²) >= 11 is 1.62. The summed E-state index contributed by atoms with van der Waals surface area (Å²) in [5, 5.41) is 3.00. The molecule has 0 atom stereocenters. The van der Waals surface area contributed by atoms with Gasteiger partial charge in [-0.2, -0.15) is 0 Å². The maximum atomic E-state index is 6.85. The van der Waals surface area contributed by atoms with Crippen molar-refractivity contribution in [1.82, 2.24) is 10.7 Å². The highest BCUT2D eigenvalue weighted by Crippen LogP contribution is 2.02. The van der Waals surface area contributed by atoms with E-state index in [1.165, 1.54) is 0 Å². The van der Waals surface area contributed by atoms with E-state index in [1.807, 2.05) is 5.38 Å². The van der Waals surface area contributed by atoms with E-state index < -0.39 is 0 Å². The van der Waals surface area contributed by atoms with E-state index in [1.54, 1.807) is 17.5 Å². The van der Waals surface area contributed by atoms with Gasteiger partial charge in [-0.15, -0.1) is 11.3 Å². The normalized spacial score (nSPS) is 9.62. The molecule has 0 unspecified atom stereocenters. The molecule has 0 aliphatic carbocycles. The van der Waals surface area contributed by atoms with E-state index >= 15 is 0 Å². The third-order valence-electron chi connectivity index (χ3n) is 0.822. The molecule has 3 heteroatoms. The van der Waals surface area contributed by atoms with Crippen LogP contribution in [0, 0.1) is 0 Å². The van der Waals surface area contributed by atoms with Gasteiger partial charge in [0.1, 0.15) is 0 Å². The molecule has 0 amide bonds. The summed E-state index contributed by atoms with van der Waals surface area (Å²) in [6, 6.07) is 0. The van der Waals surface area contributed by atoms with Crippen LogP contribution in [0.1, 0.15) is 5.01 Å². The Hall–Kier alpha value is -0.410. The van der Waals surface area contributed by atoms with Crippen molar-refractivity contribution >= 4 is 11.3 Å². The molecule has 1 aromatic rings. The van der Waals surface area contributed by atoms with Gasteiger partial charge in [0, 0.05) is 24.5 Å². The summed E-state index contributed by atoms with van der Waals surface area (Å²) < 4.78 is 0. The van der Waals surface area contributed by atoms with Crippen molar-refractivity contribution < 1.29 is 0 Å². The Balaban J connectivity index is 2.50. The maximum absolute atomic E-state index is 6.85. The zero-order chi connectivity index (χ0) is 5.82. The molecule has 0 aliphatic heterocycles. The van der Waals surface area contributed by atoms with Gasteiger partial charge < -0.3 is 0 Å². The third kappa shape index (κ3) is 1.28. The average molecular weight is 127 g/mol. The first-order chi connectivity index (χ1) is 3.93. The topological polar surface area (TPSA) is 36.7 Å². The van der Waals surface area contributed by atoms with Gasteiger partial charge in [0.25, 0.3) is 0 Å². The van der Waals surface area contributed by atoms with Gasteiger partial charge in [-0.3, -0.25) is 5.73 Å². The van der Waals surface area contributed by atoms with Crippen LogP contribution in [0.25, 0.3) is 0 Å². The highest BCUT2D eigenvalue weighted by molar-refractivity contribution is 7.09. The molecule has 0 spiro atoms. The van der Waals surface area contributed by atoms with Crippen molar-refractivity contribution in [1.29, 1.82) is 0 Å². The molecule has 0 saturated carbocycles. The number of hydrogen-bond donors (Lipinski definition) is 0. The second-order valence-electron chi connectivity index (χ2n) is 1.43. The Bertz CT molecular complexity index is 136. The first kappa shape index (κ1) is 5.72. The average Bonchev–Trinajstić information content (AvgIpc) is 2.19. The molecular weight excluding hydrogens is 120 g/mol. The zero-order valence-electron chi connectivity index (χ0n) is 4.42. The first-order valence-electron chi connectivity index (χ1n) is 2.46. The van der Waals surface area contributed by atoms with Crippen LogP contribution in [-0.4, -0.2) is 11.5 Å². The Morgan fingerprint density at radius 3 is 3.12 bits per heavy atom. The maximum Gasteiger partial charge on any atom is 0.0938 e. The van der Waals surface area contributed by atoms with Gasteiger partial charge in [0.2, 0.25) is 0 Å². The van der Waals surface area contributed by atoms with Gasteiger partial charge in [0.05, 0.1) is 5.01 Å². The second-order valence-corrected chi connectivity index (χ2v) is 2.40. The third-order valence-corrected chi connectivity index (χ3v) is 1.66. The van der Waals surface area contributed by atoms with Crippen molar-refractivity contribution in [2.45, 2.75) is 6.42 Å². The number of hydrogen-bond acceptors (Lipinski definition) is 2. The van der Waals surface area contributed by atoms with Crippen LogP contribution < -0.4 is 5.73 Å². The number of nitrogens with one attached hydrogen (secondary N) is 1. The molecule has 0 aliphatic rings. The molecule has 1 heterocycles. The van der Waals surface area contributed by atoms with Gasteiger partial charge in [-0.25, -0.2) is 4.98 Å². The van der Waals surface area contributed by atoms with Crippen LogP contribution in [0.2, 0.25) is 0 Å². The second kappa shape index (κ2) is 2.79. The summed E-state index contributed by atoms with van der Waals surface area (Å²) in [5.41, 5.74) is 6.85. The molecule has 2 nitrogen and oxygen atoms in total.